The number of hydrogen-bond acceptors (Lipinski definition) is 4. The van der Waals surface area contributed by atoms with Crippen LogP contribution in [0.4, 0.5) is 14.6 Å². The van der Waals surface area contributed by atoms with E-state index in [0.717, 1.165) is 6.07 Å². The third-order valence-corrected chi connectivity index (χ3v) is 2.22. The van der Waals surface area contributed by atoms with Gasteiger partial charge in [-0.05, 0) is 16.0 Å². The molecule has 0 saturated heterocycles. The lowest BCUT2D eigenvalue weighted by Gasteiger charge is -2.02. The number of hydrogen-bond donors (Lipinski definition) is 1. The average Bonchev–Trinajstić information content (AvgIpc) is 2.17. The highest BCUT2D eigenvalue weighted by Gasteiger charge is 2.25. The van der Waals surface area contributed by atoms with Crippen molar-refractivity contribution in [3.05, 3.63) is 27.4 Å². The molecule has 0 saturated carbocycles. The van der Waals surface area contributed by atoms with Gasteiger partial charge in [-0.25, -0.2) is 8.78 Å². The van der Waals surface area contributed by atoms with Crippen molar-refractivity contribution in [2.45, 2.75) is 11.8 Å². The summed E-state index contributed by atoms with van der Waals surface area (Å²) >= 11 is 2.92. The highest BCUT2D eigenvalue weighted by atomic mass is 79.9. The van der Waals surface area contributed by atoms with Crippen LogP contribution >= 0.6 is 15.9 Å². The summed E-state index contributed by atoms with van der Waals surface area (Å²) in [4.78, 5) is 12.4. The van der Waals surface area contributed by atoms with Crippen LogP contribution in [0.5, 0.6) is 5.75 Å². The molecule has 0 spiro atoms. The van der Waals surface area contributed by atoms with Crippen LogP contribution < -0.4 is 0 Å². The molecular formula is C7H5BrF2N2O3. The second-order valence-corrected chi connectivity index (χ2v) is 3.13. The maximum Gasteiger partial charge on any atom is 0.406 e. The molecule has 5 nitrogen and oxygen atoms in total. The first-order chi connectivity index (χ1) is 6.97. The number of pyridine rings is 1. The van der Waals surface area contributed by atoms with Crippen molar-refractivity contribution in [2.24, 2.45) is 0 Å². The number of aromatic hydroxyl groups is 1. The predicted molar refractivity (Wildman–Crippen MR) is 50.1 cm³/mol. The summed E-state index contributed by atoms with van der Waals surface area (Å²) in [5.74, 6) is -1.65. The molecule has 0 aliphatic carbocycles. The lowest BCUT2D eigenvalue weighted by molar-refractivity contribution is -0.390. The van der Waals surface area contributed by atoms with Gasteiger partial charge in [-0.3, -0.25) is 0 Å². The van der Waals surface area contributed by atoms with E-state index in [0.29, 0.717) is 0 Å². The normalized spacial score (nSPS) is 10.7. The summed E-state index contributed by atoms with van der Waals surface area (Å²) in [5.41, 5.74) is -0.721. The second-order valence-electron chi connectivity index (χ2n) is 2.57. The first-order valence-corrected chi connectivity index (χ1v) is 4.80. The molecule has 1 aromatic heterocycles. The van der Waals surface area contributed by atoms with E-state index < -0.39 is 28.6 Å². The van der Waals surface area contributed by atoms with Crippen LogP contribution in [0, 0.1) is 10.1 Å². The Labute approximate surface area is 91.0 Å². The van der Waals surface area contributed by atoms with Crippen LogP contribution in [-0.4, -0.2) is 15.0 Å². The fourth-order valence-corrected chi connectivity index (χ4v) is 1.37. The van der Waals surface area contributed by atoms with Crippen molar-refractivity contribution in [3.63, 3.8) is 0 Å². The van der Waals surface area contributed by atoms with Crippen molar-refractivity contribution < 1.29 is 18.8 Å². The quantitative estimate of drug-likeness (QED) is 0.525. The minimum atomic E-state index is -2.91. The zero-order valence-corrected chi connectivity index (χ0v) is 8.74. The number of rotatable bonds is 3. The second kappa shape index (κ2) is 4.47. The number of alkyl halides is 3. The van der Waals surface area contributed by atoms with Gasteiger partial charge in [0.1, 0.15) is 0 Å². The summed E-state index contributed by atoms with van der Waals surface area (Å²) in [6.07, 6.45) is -2.91. The maximum absolute atomic E-state index is 12.3. The molecule has 0 radical (unpaired) electrons. The first-order valence-electron chi connectivity index (χ1n) is 3.68. The van der Waals surface area contributed by atoms with E-state index in [4.69, 9.17) is 0 Å². The number of aromatic nitrogens is 1. The summed E-state index contributed by atoms with van der Waals surface area (Å²) in [7, 11) is 0. The van der Waals surface area contributed by atoms with Crippen molar-refractivity contribution in [2.75, 3.05) is 0 Å². The average molecular weight is 283 g/mol. The molecule has 0 atom stereocenters. The van der Waals surface area contributed by atoms with Crippen LogP contribution in [-0.2, 0) is 5.33 Å². The van der Waals surface area contributed by atoms with Crippen molar-refractivity contribution >= 4 is 21.7 Å². The molecule has 0 unspecified atom stereocenters. The van der Waals surface area contributed by atoms with Crippen LogP contribution in [0.15, 0.2) is 6.07 Å². The van der Waals surface area contributed by atoms with Crippen LogP contribution in [0.25, 0.3) is 0 Å². The SMILES string of the molecule is O=[N+]([O-])c1nc(C(F)F)cc(CBr)c1O. The van der Waals surface area contributed by atoms with Gasteiger partial charge in [0.05, 0.1) is 0 Å². The summed E-state index contributed by atoms with van der Waals surface area (Å²) in [6.45, 7) is 0. The maximum atomic E-state index is 12.3. The monoisotopic (exact) mass is 282 g/mol. The van der Waals surface area contributed by atoms with E-state index in [-0.39, 0.29) is 10.9 Å². The van der Waals surface area contributed by atoms with Crippen LogP contribution in [0.1, 0.15) is 17.7 Å². The highest BCUT2D eigenvalue weighted by Crippen LogP contribution is 2.32. The Morgan fingerprint density at radius 3 is 2.67 bits per heavy atom. The Balaban J connectivity index is 3.38. The van der Waals surface area contributed by atoms with E-state index in [1.807, 2.05) is 0 Å². The molecule has 1 heterocycles. The Bertz CT molecular complexity index is 400. The molecule has 1 rings (SSSR count). The molecule has 15 heavy (non-hydrogen) atoms. The minimum Gasteiger partial charge on any atom is -0.501 e. The Hall–Kier alpha value is -1.31. The molecule has 0 aliphatic rings. The molecule has 0 amide bonds. The van der Waals surface area contributed by atoms with Crippen molar-refractivity contribution in [3.8, 4) is 5.75 Å². The molecule has 0 fully saturated rings. The predicted octanol–water partition coefficient (Wildman–Crippen LogP) is 2.53. The Kier molecular flexibility index (Phi) is 3.51. The van der Waals surface area contributed by atoms with Crippen LogP contribution in [0.3, 0.4) is 0 Å². The summed E-state index contributed by atoms with van der Waals surface area (Å²) < 4.78 is 24.6. The third-order valence-electron chi connectivity index (χ3n) is 1.61. The van der Waals surface area contributed by atoms with E-state index in [2.05, 4.69) is 20.9 Å². The van der Waals surface area contributed by atoms with Gasteiger partial charge in [-0.15, -0.1) is 0 Å². The summed E-state index contributed by atoms with van der Waals surface area (Å²) in [5, 5.41) is 19.7. The van der Waals surface area contributed by atoms with E-state index in [9.17, 15) is 24.0 Å². The van der Waals surface area contributed by atoms with E-state index in [1.165, 1.54) is 0 Å². The minimum absolute atomic E-state index is 0.00648. The molecule has 1 N–H and O–H groups in total. The molecule has 0 bridgehead atoms. The Morgan fingerprint density at radius 2 is 2.27 bits per heavy atom. The summed E-state index contributed by atoms with van der Waals surface area (Å²) in [6, 6.07) is 0.918. The lowest BCUT2D eigenvalue weighted by Crippen LogP contribution is -2.00. The standard InChI is InChI=1S/C7H5BrF2N2O3/c8-2-3-1-4(6(9)10)11-7(5(3)13)12(14)15/h1,6,13H,2H2. The third kappa shape index (κ3) is 2.38. The van der Waals surface area contributed by atoms with E-state index in [1.54, 1.807) is 0 Å². The van der Waals surface area contributed by atoms with Gasteiger partial charge >= 0.3 is 12.2 Å². The fraction of sp³-hybridized carbons (Fsp3) is 0.286. The molecule has 1 aromatic rings. The first kappa shape index (κ1) is 11.8. The zero-order valence-electron chi connectivity index (χ0n) is 7.15. The molecule has 0 aliphatic heterocycles. The smallest absolute Gasteiger partial charge is 0.406 e. The number of nitrogens with zero attached hydrogens (tertiary/aromatic N) is 2. The molecule has 82 valence electrons. The van der Waals surface area contributed by atoms with Gasteiger partial charge in [0.25, 0.3) is 0 Å². The molecular weight excluding hydrogens is 278 g/mol. The van der Waals surface area contributed by atoms with Gasteiger partial charge in [-0.1, -0.05) is 15.9 Å². The topological polar surface area (TPSA) is 76.3 Å². The number of nitro groups is 1. The lowest BCUT2D eigenvalue weighted by atomic mass is 10.2. The van der Waals surface area contributed by atoms with Crippen LogP contribution in [0.2, 0.25) is 0 Å². The molecule has 0 aromatic carbocycles. The Morgan fingerprint density at radius 1 is 1.67 bits per heavy atom. The van der Waals surface area contributed by atoms with Gasteiger partial charge in [0.15, 0.2) is 0 Å². The van der Waals surface area contributed by atoms with Gasteiger partial charge < -0.3 is 15.2 Å². The van der Waals surface area contributed by atoms with Gasteiger partial charge in [0, 0.05) is 10.9 Å². The molecule has 8 heteroatoms. The van der Waals surface area contributed by atoms with Gasteiger partial charge in [0.2, 0.25) is 11.4 Å². The zero-order chi connectivity index (χ0) is 11.6. The van der Waals surface area contributed by atoms with E-state index >= 15 is 0 Å². The highest BCUT2D eigenvalue weighted by molar-refractivity contribution is 9.08. The van der Waals surface area contributed by atoms with Crippen molar-refractivity contribution in [1.29, 1.82) is 0 Å². The van der Waals surface area contributed by atoms with Gasteiger partial charge in [-0.2, -0.15) is 0 Å². The number of halogens is 3. The van der Waals surface area contributed by atoms with Crippen molar-refractivity contribution in [1.82, 2.24) is 4.98 Å². The fourth-order valence-electron chi connectivity index (χ4n) is 0.939. The largest absolute Gasteiger partial charge is 0.501 e.